The van der Waals surface area contributed by atoms with E-state index < -0.39 is 0 Å². The van der Waals surface area contributed by atoms with Crippen molar-refractivity contribution in [2.75, 3.05) is 24.5 Å². The number of anilines is 1. The first-order chi connectivity index (χ1) is 14.6. The number of rotatable bonds is 5. The van der Waals surface area contributed by atoms with Crippen LogP contribution in [0.25, 0.3) is 0 Å². The number of nitrogens with zero attached hydrogens (tertiary/aromatic N) is 5. The molecular formula is C21H30FN7O. The van der Waals surface area contributed by atoms with Crippen molar-refractivity contribution in [1.82, 2.24) is 25.4 Å². The molecule has 162 valence electrons. The molecule has 1 unspecified atom stereocenters. The highest BCUT2D eigenvalue weighted by atomic mass is 19.1. The van der Waals surface area contributed by atoms with E-state index in [1.807, 2.05) is 28.6 Å². The Balaban J connectivity index is 1.38. The molecule has 4 rings (SSSR count). The molecule has 3 N–H and O–H groups in total. The highest BCUT2D eigenvalue weighted by molar-refractivity contribution is 5.80. The Kier molecular flexibility index (Phi) is 6.47. The number of guanidine groups is 1. The van der Waals surface area contributed by atoms with E-state index in [2.05, 4.69) is 25.7 Å². The maximum absolute atomic E-state index is 14.7. The van der Waals surface area contributed by atoms with Crippen LogP contribution in [0.1, 0.15) is 37.6 Å². The van der Waals surface area contributed by atoms with Crippen LogP contribution < -0.4 is 15.5 Å². The Labute approximate surface area is 176 Å². The van der Waals surface area contributed by atoms with Gasteiger partial charge in [-0.05, 0) is 43.9 Å². The van der Waals surface area contributed by atoms with Gasteiger partial charge in [-0.1, -0.05) is 6.07 Å². The van der Waals surface area contributed by atoms with Crippen LogP contribution in [0.5, 0.6) is 0 Å². The maximum Gasteiger partial charge on any atom is 0.191 e. The van der Waals surface area contributed by atoms with Gasteiger partial charge in [-0.15, -0.1) is 0 Å². The lowest BCUT2D eigenvalue weighted by molar-refractivity contribution is 0.145. The van der Waals surface area contributed by atoms with Crippen LogP contribution in [0.15, 0.2) is 29.5 Å². The fraction of sp³-hybridized carbons (Fsp3) is 0.571. The Morgan fingerprint density at radius 3 is 2.90 bits per heavy atom. The standard InChI is InChI=1S/C21H30FN7O/c1-2-23-21(27-16-4-6-20-25-14-26-29(20)13-16)24-12-15-3-5-19(18(22)11-15)28-9-7-17(30)8-10-28/h3,5,11,14,16-17,30H,2,4,6-10,12-13H2,1H3,(H2,23,24,27). The summed E-state index contributed by atoms with van der Waals surface area (Å²) in [7, 11) is 0. The first-order valence-corrected chi connectivity index (χ1v) is 10.8. The molecule has 1 aromatic heterocycles. The van der Waals surface area contributed by atoms with Crippen molar-refractivity contribution in [3.63, 3.8) is 0 Å². The van der Waals surface area contributed by atoms with E-state index in [9.17, 15) is 9.50 Å². The zero-order valence-electron chi connectivity index (χ0n) is 17.4. The quantitative estimate of drug-likeness (QED) is 0.506. The van der Waals surface area contributed by atoms with Crippen LogP contribution in [-0.4, -0.2) is 57.6 Å². The summed E-state index contributed by atoms with van der Waals surface area (Å²) in [5, 5.41) is 20.6. The second-order valence-electron chi connectivity index (χ2n) is 7.94. The van der Waals surface area contributed by atoms with Crippen LogP contribution in [0.3, 0.4) is 0 Å². The van der Waals surface area contributed by atoms with Gasteiger partial charge in [-0.25, -0.2) is 19.0 Å². The molecule has 8 nitrogen and oxygen atoms in total. The SMILES string of the molecule is CCNC(=NCc1ccc(N2CCC(O)CC2)c(F)c1)NC1CCc2ncnn2C1. The Morgan fingerprint density at radius 2 is 2.13 bits per heavy atom. The summed E-state index contributed by atoms with van der Waals surface area (Å²) in [6.45, 7) is 5.29. The van der Waals surface area contributed by atoms with Gasteiger partial charge in [0.1, 0.15) is 18.0 Å². The van der Waals surface area contributed by atoms with E-state index in [4.69, 9.17) is 0 Å². The lowest BCUT2D eigenvalue weighted by Crippen LogP contribution is -2.47. The first kappa shape index (κ1) is 20.6. The van der Waals surface area contributed by atoms with Gasteiger partial charge in [0.2, 0.25) is 0 Å². The van der Waals surface area contributed by atoms with E-state index >= 15 is 0 Å². The van der Waals surface area contributed by atoms with E-state index in [1.54, 1.807) is 12.4 Å². The van der Waals surface area contributed by atoms with Crippen LogP contribution in [0, 0.1) is 5.82 Å². The number of hydrogen-bond acceptors (Lipinski definition) is 5. The molecule has 0 spiro atoms. The van der Waals surface area contributed by atoms with Gasteiger partial charge in [-0.3, -0.25) is 0 Å². The smallest absolute Gasteiger partial charge is 0.191 e. The summed E-state index contributed by atoms with van der Waals surface area (Å²) in [4.78, 5) is 10.9. The number of piperidine rings is 1. The highest BCUT2D eigenvalue weighted by Gasteiger charge is 2.21. The summed E-state index contributed by atoms with van der Waals surface area (Å²) in [5.41, 5.74) is 1.43. The fourth-order valence-electron chi connectivity index (χ4n) is 4.05. The molecule has 1 atom stereocenters. The summed E-state index contributed by atoms with van der Waals surface area (Å²) < 4.78 is 16.6. The molecule has 0 bridgehead atoms. The number of hydrogen-bond donors (Lipinski definition) is 3. The van der Waals surface area contributed by atoms with Gasteiger partial charge in [-0.2, -0.15) is 5.10 Å². The van der Waals surface area contributed by atoms with Crippen molar-refractivity contribution in [2.45, 2.75) is 57.8 Å². The average molecular weight is 416 g/mol. The molecule has 0 radical (unpaired) electrons. The van der Waals surface area contributed by atoms with E-state index in [1.165, 1.54) is 0 Å². The minimum atomic E-state index is -0.268. The molecule has 0 saturated carbocycles. The molecule has 0 amide bonds. The number of nitrogens with one attached hydrogen (secondary N) is 2. The molecule has 1 aromatic carbocycles. The molecule has 30 heavy (non-hydrogen) atoms. The Morgan fingerprint density at radius 1 is 1.30 bits per heavy atom. The number of aliphatic imine (C=N–C) groups is 1. The molecule has 1 saturated heterocycles. The van der Waals surface area contributed by atoms with Crippen LogP contribution in [0.2, 0.25) is 0 Å². The van der Waals surface area contributed by atoms with Gasteiger partial charge in [0.05, 0.1) is 24.9 Å². The molecule has 2 aromatic rings. The minimum Gasteiger partial charge on any atom is -0.393 e. The second-order valence-corrected chi connectivity index (χ2v) is 7.94. The van der Waals surface area contributed by atoms with Crippen molar-refractivity contribution in [3.8, 4) is 0 Å². The zero-order chi connectivity index (χ0) is 20.9. The molecule has 9 heteroatoms. The van der Waals surface area contributed by atoms with E-state index in [0.717, 1.165) is 43.3 Å². The number of halogens is 1. The predicted octanol–water partition coefficient (Wildman–Crippen LogP) is 1.45. The number of aryl methyl sites for hydroxylation is 1. The molecule has 2 aliphatic heterocycles. The maximum atomic E-state index is 14.7. The molecule has 1 fully saturated rings. The highest BCUT2D eigenvalue weighted by Crippen LogP contribution is 2.24. The third kappa shape index (κ3) is 4.89. The van der Waals surface area contributed by atoms with E-state index in [0.29, 0.717) is 38.2 Å². The number of benzene rings is 1. The number of fused-ring (bicyclic) bond motifs is 1. The van der Waals surface area contributed by atoms with Crippen LogP contribution >= 0.6 is 0 Å². The Hall–Kier alpha value is -2.68. The van der Waals surface area contributed by atoms with Crippen molar-refractivity contribution in [3.05, 3.63) is 41.7 Å². The number of aliphatic hydroxyl groups is 1. The van der Waals surface area contributed by atoms with E-state index in [-0.39, 0.29) is 18.0 Å². The molecular weight excluding hydrogens is 385 g/mol. The lowest BCUT2D eigenvalue weighted by atomic mass is 10.1. The third-order valence-electron chi connectivity index (χ3n) is 5.73. The molecule has 0 aliphatic carbocycles. The van der Waals surface area contributed by atoms with Gasteiger partial charge in [0, 0.05) is 32.1 Å². The van der Waals surface area contributed by atoms with Crippen molar-refractivity contribution < 1.29 is 9.50 Å². The molecule has 2 aliphatic rings. The van der Waals surface area contributed by atoms with Crippen LogP contribution in [0.4, 0.5) is 10.1 Å². The van der Waals surface area contributed by atoms with Gasteiger partial charge >= 0.3 is 0 Å². The van der Waals surface area contributed by atoms with Gasteiger partial charge in [0.15, 0.2) is 5.96 Å². The van der Waals surface area contributed by atoms with Crippen molar-refractivity contribution in [1.29, 1.82) is 0 Å². The largest absolute Gasteiger partial charge is 0.393 e. The number of aliphatic hydroxyl groups excluding tert-OH is 1. The summed E-state index contributed by atoms with van der Waals surface area (Å²) in [6, 6.07) is 5.55. The first-order valence-electron chi connectivity index (χ1n) is 10.8. The zero-order valence-corrected chi connectivity index (χ0v) is 17.4. The topological polar surface area (TPSA) is 90.6 Å². The van der Waals surface area contributed by atoms with Crippen LogP contribution in [-0.2, 0) is 19.5 Å². The predicted molar refractivity (Wildman–Crippen MR) is 114 cm³/mol. The normalized spacial score (nSPS) is 20.2. The Bertz CT molecular complexity index is 876. The van der Waals surface area contributed by atoms with Gasteiger partial charge in [0.25, 0.3) is 0 Å². The summed E-state index contributed by atoms with van der Waals surface area (Å²) in [5.74, 6) is 1.51. The minimum absolute atomic E-state index is 0.227. The second kappa shape index (κ2) is 9.42. The summed E-state index contributed by atoms with van der Waals surface area (Å²) >= 11 is 0. The number of aromatic nitrogens is 3. The lowest BCUT2D eigenvalue weighted by Gasteiger charge is -2.31. The third-order valence-corrected chi connectivity index (χ3v) is 5.73. The van der Waals surface area contributed by atoms with Crippen molar-refractivity contribution >= 4 is 11.6 Å². The average Bonchev–Trinajstić information content (AvgIpc) is 3.21. The monoisotopic (exact) mass is 415 g/mol. The fourth-order valence-corrected chi connectivity index (χ4v) is 4.05. The molecule has 3 heterocycles. The van der Waals surface area contributed by atoms with Gasteiger partial charge < -0.3 is 20.6 Å². The van der Waals surface area contributed by atoms with Crippen molar-refractivity contribution in [2.24, 2.45) is 4.99 Å². The summed E-state index contributed by atoms with van der Waals surface area (Å²) in [6.07, 6.45) is 4.55.